The molecule has 1 aromatic carbocycles. The van der Waals surface area contributed by atoms with Crippen molar-refractivity contribution in [2.75, 3.05) is 32.2 Å². The molecule has 2 aliphatic rings. The molecule has 5 nitrogen and oxygen atoms in total. The van der Waals surface area contributed by atoms with E-state index < -0.39 is 0 Å². The molecule has 0 bridgehead atoms. The van der Waals surface area contributed by atoms with E-state index in [0.717, 1.165) is 28.6 Å². The Kier molecular flexibility index (Phi) is 5.32. The van der Waals surface area contributed by atoms with Gasteiger partial charge in [0.25, 0.3) is 5.91 Å². The first-order valence-electron chi connectivity index (χ1n) is 9.91. The number of rotatable bonds is 5. The summed E-state index contributed by atoms with van der Waals surface area (Å²) in [5.41, 5.74) is 8.07. The van der Waals surface area contributed by atoms with E-state index in [-0.39, 0.29) is 12.5 Å². The van der Waals surface area contributed by atoms with Crippen LogP contribution >= 0.6 is 15.9 Å². The minimum atomic E-state index is -0.130. The summed E-state index contributed by atoms with van der Waals surface area (Å²) in [6, 6.07) is 4.99. The predicted octanol–water partition coefficient (Wildman–Crippen LogP) is 3.94. The number of fused-ring (bicyclic) bond motifs is 2. The number of hydrogen-bond acceptors (Lipinski definition) is 3. The van der Waals surface area contributed by atoms with Crippen LogP contribution in [-0.4, -0.2) is 48.3 Å². The molecule has 2 heterocycles. The van der Waals surface area contributed by atoms with Gasteiger partial charge in [-0.25, -0.2) is 0 Å². The number of nitrogens with one attached hydrogen (secondary N) is 1. The third-order valence-corrected chi connectivity index (χ3v) is 6.61. The summed E-state index contributed by atoms with van der Waals surface area (Å²) < 4.78 is 8.03. The zero-order valence-electron chi connectivity index (χ0n) is 16.3. The molecule has 0 spiro atoms. The smallest absolute Gasteiger partial charge is 0.264 e. The van der Waals surface area contributed by atoms with Crippen molar-refractivity contribution < 1.29 is 9.53 Å². The number of piperidine rings is 1. The van der Waals surface area contributed by atoms with Crippen molar-refractivity contribution >= 4 is 32.7 Å². The Labute approximate surface area is 169 Å². The largest absolute Gasteiger partial charge is 0.375 e. The van der Waals surface area contributed by atoms with Gasteiger partial charge in [-0.3, -0.25) is 19.8 Å². The number of likely N-dealkylation sites (tertiary alicyclic amines) is 1. The zero-order valence-corrected chi connectivity index (χ0v) is 17.9. The second-order valence-corrected chi connectivity index (χ2v) is 8.73. The van der Waals surface area contributed by atoms with Crippen molar-refractivity contribution in [3.63, 3.8) is 0 Å². The fourth-order valence-electron chi connectivity index (χ4n) is 5.12. The van der Waals surface area contributed by atoms with E-state index in [1.807, 2.05) is 4.68 Å². The predicted molar refractivity (Wildman–Crippen MR) is 112 cm³/mol. The van der Waals surface area contributed by atoms with Crippen LogP contribution in [0.2, 0.25) is 0 Å². The molecule has 1 fully saturated rings. The Balaban J connectivity index is 1.84. The van der Waals surface area contributed by atoms with Gasteiger partial charge in [-0.2, -0.15) is 0 Å². The number of amides is 1. The molecule has 1 amide bonds. The number of ether oxygens (including phenoxy) is 1. The first-order chi connectivity index (χ1) is 13.0. The SMILES string of the molecule is CCCN1CCC[C@@H]2c3cc(Br)cc4c3c(c(C)n4NC(=O)COC)C[C@H]21. The Morgan fingerprint density at radius 2 is 2.22 bits per heavy atom. The Morgan fingerprint density at radius 1 is 1.41 bits per heavy atom. The van der Waals surface area contributed by atoms with Crippen LogP contribution < -0.4 is 5.43 Å². The molecule has 0 unspecified atom stereocenters. The van der Waals surface area contributed by atoms with Gasteiger partial charge in [-0.15, -0.1) is 0 Å². The number of aromatic nitrogens is 1. The van der Waals surface area contributed by atoms with Crippen LogP contribution in [0.1, 0.15) is 48.9 Å². The Hall–Kier alpha value is -1.37. The van der Waals surface area contributed by atoms with E-state index in [9.17, 15) is 4.79 Å². The normalized spacial score (nSPS) is 22.1. The van der Waals surface area contributed by atoms with Gasteiger partial charge in [0, 0.05) is 34.6 Å². The van der Waals surface area contributed by atoms with Crippen molar-refractivity contribution in [3.8, 4) is 0 Å². The standard InChI is InChI=1S/C21H28BrN3O2/c1-4-7-24-8-5-6-15-17-9-14(22)10-19-21(17)16(11-18(15)24)13(2)25(19)23-20(26)12-27-3/h9-10,15,18H,4-8,11-12H2,1-3H3,(H,23,26)/t15-,18-/m1/s1. The monoisotopic (exact) mass is 433 g/mol. The fraction of sp³-hybridized carbons (Fsp3) is 0.571. The summed E-state index contributed by atoms with van der Waals surface area (Å²) in [4.78, 5) is 14.9. The number of carbonyl (C=O) groups excluding carboxylic acids is 1. The Morgan fingerprint density at radius 3 is 2.96 bits per heavy atom. The molecule has 0 saturated carbocycles. The second-order valence-electron chi connectivity index (χ2n) is 7.81. The van der Waals surface area contributed by atoms with Crippen molar-refractivity contribution in [2.24, 2.45) is 0 Å². The average Bonchev–Trinajstić information content (AvgIpc) is 2.89. The van der Waals surface area contributed by atoms with Crippen molar-refractivity contribution in [1.82, 2.24) is 9.58 Å². The van der Waals surface area contributed by atoms with Gasteiger partial charge in [-0.05, 0) is 69.0 Å². The molecule has 4 rings (SSSR count). The van der Waals surface area contributed by atoms with Crippen LogP contribution in [0.4, 0.5) is 0 Å². The summed E-state index contributed by atoms with van der Waals surface area (Å²) in [7, 11) is 1.54. The topological polar surface area (TPSA) is 46.5 Å². The number of methoxy groups -OCH3 is 1. The van der Waals surface area contributed by atoms with E-state index in [4.69, 9.17) is 4.74 Å². The molecule has 146 valence electrons. The van der Waals surface area contributed by atoms with Crippen LogP contribution in [0.5, 0.6) is 0 Å². The summed E-state index contributed by atoms with van der Waals surface area (Å²) in [5.74, 6) is 0.442. The minimum Gasteiger partial charge on any atom is -0.375 e. The molecule has 1 aromatic heterocycles. The van der Waals surface area contributed by atoms with Gasteiger partial charge in [0.2, 0.25) is 0 Å². The van der Waals surface area contributed by atoms with E-state index in [1.54, 1.807) is 7.11 Å². The molecule has 1 saturated heterocycles. The highest BCUT2D eigenvalue weighted by atomic mass is 79.9. The maximum Gasteiger partial charge on any atom is 0.264 e. The van der Waals surface area contributed by atoms with Crippen molar-refractivity contribution in [2.45, 2.75) is 51.5 Å². The third-order valence-electron chi connectivity index (χ3n) is 6.16. The highest BCUT2D eigenvalue weighted by molar-refractivity contribution is 9.10. The van der Waals surface area contributed by atoms with Crippen molar-refractivity contribution in [1.29, 1.82) is 0 Å². The number of hydrogen-bond donors (Lipinski definition) is 1. The quantitative estimate of drug-likeness (QED) is 0.776. The first-order valence-corrected chi connectivity index (χ1v) is 10.7. The summed E-state index contributed by atoms with van der Waals surface area (Å²) in [6.45, 7) is 6.81. The van der Waals surface area contributed by atoms with E-state index in [0.29, 0.717) is 12.0 Å². The first kappa shape index (κ1) is 19.0. The molecule has 2 aromatic rings. The molecule has 6 heteroatoms. The maximum atomic E-state index is 12.2. The van der Waals surface area contributed by atoms with Gasteiger partial charge in [-0.1, -0.05) is 22.9 Å². The second kappa shape index (κ2) is 7.57. The Bertz CT molecular complexity index is 874. The summed E-state index contributed by atoms with van der Waals surface area (Å²) >= 11 is 3.71. The highest BCUT2D eigenvalue weighted by Crippen LogP contribution is 2.46. The van der Waals surface area contributed by atoms with E-state index in [2.05, 4.69) is 52.2 Å². The number of halogens is 1. The minimum absolute atomic E-state index is 0.0604. The summed E-state index contributed by atoms with van der Waals surface area (Å²) in [5, 5.41) is 1.34. The summed E-state index contributed by atoms with van der Waals surface area (Å²) in [6.07, 6.45) is 4.76. The maximum absolute atomic E-state index is 12.2. The lowest BCUT2D eigenvalue weighted by molar-refractivity contribution is -0.120. The van der Waals surface area contributed by atoms with Gasteiger partial charge in [0.15, 0.2) is 0 Å². The van der Waals surface area contributed by atoms with E-state index >= 15 is 0 Å². The van der Waals surface area contributed by atoms with E-state index in [1.165, 1.54) is 42.3 Å². The lowest BCUT2D eigenvalue weighted by atomic mass is 9.74. The van der Waals surface area contributed by atoms with Gasteiger partial charge >= 0.3 is 0 Å². The lowest BCUT2D eigenvalue weighted by Gasteiger charge is -2.44. The van der Waals surface area contributed by atoms with Crippen LogP contribution in [0.25, 0.3) is 10.9 Å². The number of carbonyl (C=O) groups is 1. The molecular weight excluding hydrogens is 406 g/mol. The van der Waals surface area contributed by atoms with Gasteiger partial charge in [0.1, 0.15) is 6.61 Å². The van der Waals surface area contributed by atoms with Crippen molar-refractivity contribution in [3.05, 3.63) is 33.4 Å². The zero-order chi connectivity index (χ0) is 19.1. The molecule has 1 aliphatic carbocycles. The van der Waals surface area contributed by atoms with Crippen LogP contribution in [0, 0.1) is 6.92 Å². The number of nitrogens with zero attached hydrogens (tertiary/aromatic N) is 2. The highest BCUT2D eigenvalue weighted by Gasteiger charge is 2.38. The molecule has 27 heavy (non-hydrogen) atoms. The molecule has 1 aliphatic heterocycles. The third kappa shape index (κ3) is 3.22. The van der Waals surface area contributed by atoms with Gasteiger partial charge in [0.05, 0.1) is 5.52 Å². The number of benzene rings is 1. The van der Waals surface area contributed by atoms with Crippen LogP contribution in [-0.2, 0) is 16.0 Å². The van der Waals surface area contributed by atoms with Gasteiger partial charge < -0.3 is 4.74 Å². The molecule has 0 radical (unpaired) electrons. The fourth-order valence-corrected chi connectivity index (χ4v) is 5.59. The lowest BCUT2D eigenvalue weighted by Crippen LogP contribution is -2.47. The van der Waals surface area contributed by atoms with Crippen LogP contribution in [0.3, 0.4) is 0 Å². The molecular formula is C21H28BrN3O2. The molecule has 2 atom stereocenters. The average molecular weight is 434 g/mol. The molecule has 1 N–H and O–H groups in total. The van der Waals surface area contributed by atoms with Crippen LogP contribution in [0.15, 0.2) is 16.6 Å².